The van der Waals surface area contributed by atoms with E-state index < -0.39 is 0 Å². The normalized spacial score (nSPS) is 21.3. The molecule has 1 atom stereocenters. The molecular weight excluding hydrogens is 315 g/mol. The second-order valence-corrected chi connectivity index (χ2v) is 7.58. The Hall–Kier alpha value is 0.200. The van der Waals surface area contributed by atoms with Gasteiger partial charge in [-0.25, -0.2) is 0 Å². The molecule has 2 nitrogen and oxygen atoms in total. The molecule has 0 amide bonds. The minimum absolute atomic E-state index is 0.0390. The van der Waals surface area contributed by atoms with Gasteiger partial charge < -0.3 is 0 Å². The van der Waals surface area contributed by atoms with E-state index >= 15 is 0 Å². The number of ether oxygens (including phenoxy) is 1. The van der Waals surface area contributed by atoms with Crippen LogP contribution in [-0.2, 0) is 9.53 Å². The monoisotopic (exact) mass is 339 g/mol. The molecule has 1 rings (SSSR count). The van der Waals surface area contributed by atoms with Gasteiger partial charge in [0.05, 0.1) is 0 Å². The average molecular weight is 339 g/mol. The van der Waals surface area contributed by atoms with Crippen LogP contribution in [0.5, 0.6) is 0 Å². The van der Waals surface area contributed by atoms with Crippen molar-refractivity contribution < 1.29 is 30.7 Å². The van der Waals surface area contributed by atoms with E-state index in [2.05, 4.69) is 18.8 Å². The summed E-state index contributed by atoms with van der Waals surface area (Å²) in [5, 5.41) is 0. The van der Waals surface area contributed by atoms with Crippen LogP contribution in [0.3, 0.4) is 0 Å². The van der Waals surface area contributed by atoms with E-state index in [9.17, 15) is 4.79 Å². The zero-order chi connectivity index (χ0) is 12.2. The molecule has 0 saturated heterocycles. The summed E-state index contributed by atoms with van der Waals surface area (Å²) >= 11 is 0.181. The molecule has 16 heavy (non-hydrogen) atoms. The third-order valence-electron chi connectivity index (χ3n) is 3.59. The van der Waals surface area contributed by atoms with Crippen molar-refractivity contribution >= 4 is 5.97 Å². The summed E-state index contributed by atoms with van der Waals surface area (Å²) in [6, 6.07) is 0. The minimum atomic E-state index is -0.141. The number of esters is 1. The van der Waals surface area contributed by atoms with E-state index in [-0.39, 0.29) is 38.7 Å². The fourth-order valence-corrected chi connectivity index (χ4v) is 4.05. The third-order valence-corrected chi connectivity index (χ3v) is 5.80. The van der Waals surface area contributed by atoms with Gasteiger partial charge in [0, 0.05) is 0 Å². The quantitative estimate of drug-likeness (QED) is 0.396. The zero-order valence-corrected chi connectivity index (χ0v) is 13.0. The molecule has 0 radical (unpaired) electrons. The van der Waals surface area contributed by atoms with Crippen LogP contribution >= 0.6 is 0 Å². The number of alkyl halides is 2. The number of hydrogen-bond donors (Lipinski definition) is 0. The number of rotatable bonds is 5. The van der Waals surface area contributed by atoms with Crippen molar-refractivity contribution in [2.75, 3.05) is 9.36 Å². The summed E-state index contributed by atoms with van der Waals surface area (Å²) in [5.74, 6) is 0.591. The Kier molecular flexibility index (Phi) is 5.54. The van der Waals surface area contributed by atoms with Crippen molar-refractivity contribution in [1.29, 1.82) is 0 Å². The predicted octanol–water partition coefficient (Wildman–Crippen LogP) is -0.147. The molecule has 3 heteroatoms. The molecule has 0 aliphatic heterocycles. The van der Waals surface area contributed by atoms with Gasteiger partial charge in [-0.2, -0.15) is 0 Å². The number of hydrogen-bond acceptors (Lipinski definition) is 2. The van der Waals surface area contributed by atoms with E-state index in [1.54, 1.807) is 0 Å². The Balaban J connectivity index is 2.59. The van der Waals surface area contributed by atoms with Gasteiger partial charge in [0.2, 0.25) is 0 Å². The summed E-state index contributed by atoms with van der Waals surface area (Å²) in [4.78, 5) is 14.2. The standard InChI is InChI=1S/C13H24IO2/c1-10(2)13(7-5-6-8-13)16-12(15)11(3)9-14-4/h10-11H,5-9H2,1-4H3/q-1. The molecule has 1 saturated carbocycles. The molecular formula is C13H24IO2-. The second kappa shape index (κ2) is 6.22. The van der Waals surface area contributed by atoms with Gasteiger partial charge >= 0.3 is 110 Å². The summed E-state index contributed by atoms with van der Waals surface area (Å²) in [7, 11) is 0. The van der Waals surface area contributed by atoms with Crippen molar-refractivity contribution in [1.82, 2.24) is 0 Å². The van der Waals surface area contributed by atoms with Gasteiger partial charge in [-0.1, -0.05) is 0 Å². The van der Waals surface area contributed by atoms with Crippen LogP contribution in [0.1, 0.15) is 46.5 Å². The Bertz CT molecular complexity index is 232. The van der Waals surface area contributed by atoms with Gasteiger partial charge in [0.25, 0.3) is 0 Å². The summed E-state index contributed by atoms with van der Waals surface area (Å²) in [6.45, 7) is 6.36. The first kappa shape index (κ1) is 14.3. The molecule has 1 fully saturated rings. The molecule has 0 aromatic rings. The summed E-state index contributed by atoms with van der Waals surface area (Å²) < 4.78 is 6.90. The topological polar surface area (TPSA) is 26.3 Å². The number of halogens is 1. The van der Waals surface area contributed by atoms with E-state index in [4.69, 9.17) is 4.74 Å². The first-order valence-electron chi connectivity index (χ1n) is 6.18. The molecule has 1 unspecified atom stereocenters. The van der Waals surface area contributed by atoms with E-state index in [0.29, 0.717) is 5.92 Å². The van der Waals surface area contributed by atoms with Crippen molar-refractivity contribution in [3.05, 3.63) is 0 Å². The van der Waals surface area contributed by atoms with Crippen LogP contribution in [0, 0.1) is 11.8 Å². The van der Waals surface area contributed by atoms with Crippen molar-refractivity contribution in [3.63, 3.8) is 0 Å². The average Bonchev–Trinajstić information content (AvgIpc) is 2.68. The van der Waals surface area contributed by atoms with Crippen LogP contribution in [-0.4, -0.2) is 20.9 Å². The number of carbonyl (C=O) groups excluding carboxylic acids is 1. The molecule has 96 valence electrons. The molecule has 0 N–H and O–H groups in total. The first-order valence-corrected chi connectivity index (χ1v) is 9.87. The van der Waals surface area contributed by atoms with Crippen molar-refractivity contribution in [2.45, 2.75) is 52.1 Å². The fourth-order valence-electron chi connectivity index (χ4n) is 2.37. The van der Waals surface area contributed by atoms with Crippen molar-refractivity contribution in [2.24, 2.45) is 11.8 Å². The number of carbonyl (C=O) groups is 1. The van der Waals surface area contributed by atoms with E-state index in [0.717, 1.165) is 17.3 Å². The van der Waals surface area contributed by atoms with Crippen LogP contribution in [0.15, 0.2) is 0 Å². The predicted molar refractivity (Wildman–Crippen MR) is 62.1 cm³/mol. The summed E-state index contributed by atoms with van der Waals surface area (Å²) in [5.41, 5.74) is -0.141. The van der Waals surface area contributed by atoms with Crippen LogP contribution < -0.4 is 21.2 Å². The van der Waals surface area contributed by atoms with Gasteiger partial charge in [-0.05, 0) is 0 Å². The molecule has 0 bridgehead atoms. The van der Waals surface area contributed by atoms with Crippen LogP contribution in [0.4, 0.5) is 0 Å². The Labute approximate surface area is 110 Å². The van der Waals surface area contributed by atoms with Gasteiger partial charge in [-0.15, -0.1) is 0 Å². The van der Waals surface area contributed by atoms with Crippen LogP contribution in [0.25, 0.3) is 0 Å². The Morgan fingerprint density at radius 3 is 2.31 bits per heavy atom. The SMILES string of the molecule is C[I-]CC(C)C(=O)OC1(C(C)C)CCCC1. The first-order chi connectivity index (χ1) is 7.52. The molecule has 0 spiro atoms. The molecule has 0 aromatic heterocycles. The fraction of sp³-hybridized carbons (Fsp3) is 0.923. The van der Waals surface area contributed by atoms with E-state index in [1.807, 2.05) is 6.92 Å². The maximum atomic E-state index is 12.0. The summed E-state index contributed by atoms with van der Waals surface area (Å²) in [6.07, 6.45) is 4.54. The van der Waals surface area contributed by atoms with Crippen LogP contribution in [0.2, 0.25) is 0 Å². The Morgan fingerprint density at radius 1 is 1.31 bits per heavy atom. The molecule has 0 heterocycles. The molecule has 0 aromatic carbocycles. The molecule has 1 aliphatic rings. The van der Waals surface area contributed by atoms with Gasteiger partial charge in [-0.3, -0.25) is 0 Å². The second-order valence-electron chi connectivity index (χ2n) is 5.17. The molecule has 1 aliphatic carbocycles. The van der Waals surface area contributed by atoms with Crippen molar-refractivity contribution in [3.8, 4) is 0 Å². The zero-order valence-electron chi connectivity index (χ0n) is 10.9. The van der Waals surface area contributed by atoms with Gasteiger partial charge in [0.1, 0.15) is 0 Å². The Morgan fingerprint density at radius 2 is 1.88 bits per heavy atom. The maximum absolute atomic E-state index is 12.0. The third kappa shape index (κ3) is 3.34. The van der Waals surface area contributed by atoms with E-state index in [1.165, 1.54) is 12.8 Å². The van der Waals surface area contributed by atoms with Gasteiger partial charge in [0.15, 0.2) is 0 Å².